The van der Waals surface area contributed by atoms with E-state index in [1.807, 2.05) is 24.3 Å². The molecule has 0 saturated heterocycles. The number of rotatable bonds is 4. The highest BCUT2D eigenvalue weighted by molar-refractivity contribution is 5.85. The highest BCUT2D eigenvalue weighted by Crippen LogP contribution is 2.28. The molecule has 0 bridgehead atoms. The second-order valence-corrected chi connectivity index (χ2v) is 7.76. The van der Waals surface area contributed by atoms with Crippen molar-refractivity contribution in [1.29, 1.82) is 0 Å². The first-order valence-electron chi connectivity index (χ1n) is 10.2. The third kappa shape index (κ3) is 3.23. The zero-order chi connectivity index (χ0) is 22.5. The SMILES string of the molecule is Cc1cc(F)cnc1Cn1nccc1-c1cc(F)c2nnn(-c3ccc4cn[nH]c4c3)c2c1. The number of hydrogen-bond donors (Lipinski definition) is 1. The third-order valence-electron chi connectivity index (χ3n) is 5.64. The number of H-pyrrole nitrogens is 1. The van der Waals surface area contributed by atoms with Gasteiger partial charge >= 0.3 is 0 Å². The van der Waals surface area contributed by atoms with Gasteiger partial charge in [0.15, 0.2) is 5.82 Å². The maximum atomic E-state index is 15.0. The third-order valence-corrected chi connectivity index (χ3v) is 5.64. The molecule has 0 unspecified atom stereocenters. The van der Waals surface area contributed by atoms with Crippen LogP contribution in [0.5, 0.6) is 0 Å². The van der Waals surface area contributed by atoms with E-state index in [1.165, 1.54) is 18.3 Å². The van der Waals surface area contributed by atoms with Crippen LogP contribution in [0.25, 0.3) is 38.9 Å². The van der Waals surface area contributed by atoms with E-state index in [1.54, 1.807) is 34.7 Å². The molecule has 6 rings (SSSR count). The van der Waals surface area contributed by atoms with Crippen LogP contribution in [-0.2, 0) is 6.54 Å². The van der Waals surface area contributed by atoms with E-state index in [-0.39, 0.29) is 5.52 Å². The molecule has 4 aromatic heterocycles. The molecule has 2 aromatic carbocycles. The van der Waals surface area contributed by atoms with Crippen LogP contribution >= 0.6 is 0 Å². The number of aromatic nitrogens is 8. The fourth-order valence-electron chi connectivity index (χ4n) is 3.96. The zero-order valence-electron chi connectivity index (χ0n) is 17.4. The molecule has 0 spiro atoms. The Morgan fingerprint density at radius 3 is 2.82 bits per heavy atom. The van der Waals surface area contributed by atoms with Gasteiger partial charge in [0.1, 0.15) is 11.3 Å². The summed E-state index contributed by atoms with van der Waals surface area (Å²) >= 11 is 0. The second-order valence-electron chi connectivity index (χ2n) is 7.76. The lowest BCUT2D eigenvalue weighted by atomic mass is 10.1. The van der Waals surface area contributed by atoms with Gasteiger partial charge in [0, 0.05) is 17.1 Å². The van der Waals surface area contributed by atoms with Gasteiger partial charge in [0.2, 0.25) is 0 Å². The summed E-state index contributed by atoms with van der Waals surface area (Å²) in [7, 11) is 0. The molecular weight excluding hydrogens is 426 g/mol. The van der Waals surface area contributed by atoms with Gasteiger partial charge in [-0.15, -0.1) is 5.10 Å². The molecule has 33 heavy (non-hydrogen) atoms. The molecular formula is C23H16F2N8. The molecule has 162 valence electrons. The van der Waals surface area contributed by atoms with Gasteiger partial charge in [-0.25, -0.2) is 13.5 Å². The molecule has 1 N–H and O–H groups in total. The Bertz CT molecular complexity index is 1650. The largest absolute Gasteiger partial charge is 0.278 e. The lowest BCUT2D eigenvalue weighted by Gasteiger charge is -2.10. The molecule has 0 radical (unpaired) electrons. The standard InChI is InChI=1S/C23H16F2N8/c1-13-6-16(24)11-26-20(13)12-32-21(4-5-28-32)15-7-18(25)23-22(8-15)33(31-30-23)17-3-2-14-10-27-29-19(14)9-17/h2-11H,12H2,1H3,(H,27,29). The molecule has 0 aliphatic carbocycles. The average molecular weight is 442 g/mol. The highest BCUT2D eigenvalue weighted by Gasteiger charge is 2.17. The van der Waals surface area contributed by atoms with Gasteiger partial charge in [0.25, 0.3) is 0 Å². The molecule has 0 aliphatic heterocycles. The molecule has 0 aliphatic rings. The van der Waals surface area contributed by atoms with Crippen molar-refractivity contribution in [3.05, 3.63) is 83.9 Å². The van der Waals surface area contributed by atoms with Gasteiger partial charge in [-0.05, 0) is 55.0 Å². The van der Waals surface area contributed by atoms with Crippen LogP contribution < -0.4 is 0 Å². The van der Waals surface area contributed by atoms with Crippen molar-refractivity contribution < 1.29 is 8.78 Å². The van der Waals surface area contributed by atoms with E-state index < -0.39 is 11.6 Å². The maximum absolute atomic E-state index is 15.0. The fraction of sp³-hybridized carbons (Fsp3) is 0.0870. The Morgan fingerprint density at radius 1 is 1.03 bits per heavy atom. The molecule has 10 heteroatoms. The minimum Gasteiger partial charge on any atom is -0.278 e. The van der Waals surface area contributed by atoms with Crippen LogP contribution in [0, 0.1) is 18.6 Å². The molecule has 0 saturated carbocycles. The number of aryl methyl sites for hydroxylation is 1. The normalized spacial score (nSPS) is 11.6. The van der Waals surface area contributed by atoms with Gasteiger partial charge in [0.05, 0.1) is 47.0 Å². The van der Waals surface area contributed by atoms with Crippen molar-refractivity contribution in [2.24, 2.45) is 0 Å². The predicted octanol–water partition coefficient (Wildman–Crippen LogP) is 4.19. The summed E-state index contributed by atoms with van der Waals surface area (Å²) in [4.78, 5) is 4.18. The number of aromatic amines is 1. The van der Waals surface area contributed by atoms with E-state index in [0.717, 1.165) is 22.2 Å². The highest BCUT2D eigenvalue weighted by atomic mass is 19.1. The fourth-order valence-corrected chi connectivity index (χ4v) is 3.96. The minimum atomic E-state index is -0.486. The molecule has 0 fully saturated rings. The topological polar surface area (TPSA) is 90.1 Å². The monoisotopic (exact) mass is 442 g/mol. The van der Waals surface area contributed by atoms with Crippen LogP contribution in [0.4, 0.5) is 8.78 Å². The Labute approximate surface area is 185 Å². The maximum Gasteiger partial charge on any atom is 0.153 e. The summed E-state index contributed by atoms with van der Waals surface area (Å²) < 4.78 is 31.8. The summed E-state index contributed by atoms with van der Waals surface area (Å²) in [5.41, 5.74) is 4.97. The van der Waals surface area contributed by atoms with Gasteiger partial charge in [-0.1, -0.05) is 5.21 Å². The number of fused-ring (bicyclic) bond motifs is 2. The van der Waals surface area contributed by atoms with Gasteiger partial charge in [-0.3, -0.25) is 14.8 Å². The summed E-state index contributed by atoms with van der Waals surface area (Å²) in [6, 6.07) is 12.1. The van der Waals surface area contributed by atoms with E-state index in [4.69, 9.17) is 0 Å². The molecule has 4 heterocycles. The van der Waals surface area contributed by atoms with Gasteiger partial charge < -0.3 is 0 Å². The molecule has 8 nitrogen and oxygen atoms in total. The van der Waals surface area contributed by atoms with Crippen LogP contribution in [0.3, 0.4) is 0 Å². The van der Waals surface area contributed by atoms with E-state index in [9.17, 15) is 4.39 Å². The number of hydrogen-bond acceptors (Lipinski definition) is 5. The lowest BCUT2D eigenvalue weighted by molar-refractivity contribution is 0.610. The minimum absolute atomic E-state index is 0.172. The smallest absolute Gasteiger partial charge is 0.153 e. The number of nitrogens with one attached hydrogen (secondary N) is 1. The molecule has 0 atom stereocenters. The number of halogens is 2. The molecule has 6 aromatic rings. The summed E-state index contributed by atoms with van der Waals surface area (Å²) in [5, 5.41) is 20.5. The van der Waals surface area contributed by atoms with E-state index in [0.29, 0.717) is 29.0 Å². The molecule has 0 amide bonds. The number of pyridine rings is 1. The van der Waals surface area contributed by atoms with Crippen LogP contribution in [0.15, 0.2) is 61.1 Å². The van der Waals surface area contributed by atoms with Gasteiger partial charge in [-0.2, -0.15) is 10.2 Å². The summed E-state index contributed by atoms with van der Waals surface area (Å²) in [6.07, 6.45) is 4.55. The second kappa shape index (κ2) is 7.30. The van der Waals surface area contributed by atoms with Crippen molar-refractivity contribution >= 4 is 21.9 Å². The van der Waals surface area contributed by atoms with Crippen molar-refractivity contribution in [1.82, 2.24) is 40.0 Å². The Morgan fingerprint density at radius 2 is 1.94 bits per heavy atom. The van der Waals surface area contributed by atoms with E-state index >= 15 is 4.39 Å². The summed E-state index contributed by atoms with van der Waals surface area (Å²) in [5.74, 6) is -0.876. The first-order chi connectivity index (χ1) is 16.1. The van der Waals surface area contributed by atoms with Crippen molar-refractivity contribution in [3.63, 3.8) is 0 Å². The number of benzene rings is 2. The quantitative estimate of drug-likeness (QED) is 0.442. The predicted molar refractivity (Wildman–Crippen MR) is 118 cm³/mol. The first kappa shape index (κ1) is 19.2. The van der Waals surface area contributed by atoms with Crippen molar-refractivity contribution in [2.75, 3.05) is 0 Å². The van der Waals surface area contributed by atoms with Crippen molar-refractivity contribution in [3.8, 4) is 16.9 Å². The Balaban J connectivity index is 1.45. The van der Waals surface area contributed by atoms with Crippen LogP contribution in [-0.4, -0.2) is 40.0 Å². The first-order valence-corrected chi connectivity index (χ1v) is 10.2. The Hall–Kier alpha value is -4.47. The number of nitrogens with zero attached hydrogens (tertiary/aromatic N) is 7. The van der Waals surface area contributed by atoms with Crippen LogP contribution in [0.1, 0.15) is 11.3 Å². The lowest BCUT2D eigenvalue weighted by Crippen LogP contribution is -2.07. The summed E-state index contributed by atoms with van der Waals surface area (Å²) in [6.45, 7) is 2.11. The Kier molecular flexibility index (Phi) is 4.25. The van der Waals surface area contributed by atoms with E-state index in [2.05, 4.69) is 30.6 Å². The van der Waals surface area contributed by atoms with Crippen LogP contribution in [0.2, 0.25) is 0 Å². The average Bonchev–Trinajstić information content (AvgIpc) is 3.54. The van der Waals surface area contributed by atoms with Crippen molar-refractivity contribution in [2.45, 2.75) is 13.5 Å². The zero-order valence-corrected chi connectivity index (χ0v) is 17.4.